The summed E-state index contributed by atoms with van der Waals surface area (Å²) in [6, 6.07) is -0.0497. The molecule has 0 bridgehead atoms. The van der Waals surface area contributed by atoms with Crippen LogP contribution < -0.4 is 5.32 Å². The first-order valence-electron chi connectivity index (χ1n) is 7.04. The summed E-state index contributed by atoms with van der Waals surface area (Å²) in [6.07, 6.45) is 6.60. The summed E-state index contributed by atoms with van der Waals surface area (Å²) in [5.41, 5.74) is 0. The number of nitrogens with zero attached hydrogens (tertiary/aromatic N) is 4. The van der Waals surface area contributed by atoms with Crippen LogP contribution in [0.15, 0.2) is 12.7 Å². The molecule has 20 heavy (non-hydrogen) atoms. The maximum Gasteiger partial charge on any atom is 0.239 e. The van der Waals surface area contributed by atoms with Gasteiger partial charge in [0.2, 0.25) is 11.8 Å². The predicted molar refractivity (Wildman–Crippen MR) is 72.7 cm³/mol. The highest BCUT2D eigenvalue weighted by atomic mass is 16.2. The quantitative estimate of drug-likeness (QED) is 0.834. The molecule has 0 spiro atoms. The van der Waals surface area contributed by atoms with E-state index in [2.05, 4.69) is 15.4 Å². The first-order valence-corrected chi connectivity index (χ1v) is 7.04. The van der Waals surface area contributed by atoms with Crippen LogP contribution >= 0.6 is 0 Å². The highest BCUT2D eigenvalue weighted by molar-refractivity contribution is 5.85. The van der Waals surface area contributed by atoms with Gasteiger partial charge >= 0.3 is 0 Å². The van der Waals surface area contributed by atoms with Crippen molar-refractivity contribution in [2.24, 2.45) is 0 Å². The van der Waals surface area contributed by atoms with E-state index in [0.29, 0.717) is 19.5 Å². The van der Waals surface area contributed by atoms with Gasteiger partial charge in [-0.3, -0.25) is 14.3 Å². The Hall–Kier alpha value is -1.92. The van der Waals surface area contributed by atoms with Crippen molar-refractivity contribution in [2.45, 2.75) is 45.2 Å². The van der Waals surface area contributed by atoms with E-state index in [1.807, 2.05) is 6.92 Å². The lowest BCUT2D eigenvalue weighted by Crippen LogP contribution is -2.44. The minimum absolute atomic E-state index is 0.0497. The fourth-order valence-electron chi connectivity index (χ4n) is 2.35. The molecule has 7 heteroatoms. The molecule has 0 aromatic carbocycles. The second-order valence-corrected chi connectivity index (χ2v) is 5.21. The van der Waals surface area contributed by atoms with Crippen LogP contribution in [0.4, 0.5) is 0 Å². The Labute approximate surface area is 118 Å². The largest absolute Gasteiger partial charge is 0.350 e. The molecule has 2 heterocycles. The lowest BCUT2D eigenvalue weighted by Gasteiger charge is -2.21. The molecule has 1 N–H and O–H groups in total. The maximum absolute atomic E-state index is 12.0. The monoisotopic (exact) mass is 279 g/mol. The van der Waals surface area contributed by atoms with Gasteiger partial charge in [-0.2, -0.15) is 5.10 Å². The Bertz CT molecular complexity index is 446. The number of hydrogen-bond acceptors (Lipinski definition) is 4. The van der Waals surface area contributed by atoms with Gasteiger partial charge in [0, 0.05) is 19.0 Å². The van der Waals surface area contributed by atoms with E-state index < -0.39 is 0 Å². The maximum atomic E-state index is 12.0. The standard InChI is InChI=1S/C13H21N5O2/c1-11(7-18-10-14-9-15-18)16-12(19)8-17-6-4-2-3-5-13(17)20/h9-11H,2-8H2,1H3,(H,16,19). The summed E-state index contributed by atoms with van der Waals surface area (Å²) in [7, 11) is 0. The Kier molecular flexibility index (Phi) is 5.09. The lowest BCUT2D eigenvalue weighted by atomic mass is 10.2. The second kappa shape index (κ2) is 7.02. The van der Waals surface area contributed by atoms with Gasteiger partial charge in [-0.05, 0) is 19.8 Å². The molecule has 7 nitrogen and oxygen atoms in total. The molecule has 0 aliphatic carbocycles. The summed E-state index contributed by atoms with van der Waals surface area (Å²) in [5, 5.41) is 6.88. The van der Waals surface area contributed by atoms with Crippen molar-refractivity contribution in [3.8, 4) is 0 Å². The van der Waals surface area contributed by atoms with Crippen LogP contribution in [0.1, 0.15) is 32.6 Å². The normalized spacial score (nSPS) is 17.6. The molecule has 1 aliphatic rings. The van der Waals surface area contributed by atoms with E-state index in [9.17, 15) is 9.59 Å². The smallest absolute Gasteiger partial charge is 0.239 e. The molecule has 2 amide bonds. The molecule has 1 saturated heterocycles. The van der Waals surface area contributed by atoms with E-state index in [-0.39, 0.29) is 24.4 Å². The number of hydrogen-bond donors (Lipinski definition) is 1. The minimum atomic E-state index is -0.118. The minimum Gasteiger partial charge on any atom is -0.350 e. The number of carbonyl (C=O) groups excluding carboxylic acids is 2. The van der Waals surface area contributed by atoms with Gasteiger partial charge in [0.1, 0.15) is 12.7 Å². The van der Waals surface area contributed by atoms with Crippen molar-refractivity contribution in [1.29, 1.82) is 0 Å². The van der Waals surface area contributed by atoms with Crippen LogP contribution in [0.25, 0.3) is 0 Å². The number of likely N-dealkylation sites (tertiary alicyclic amines) is 1. The summed E-state index contributed by atoms with van der Waals surface area (Å²) in [5.74, 6) is -0.0329. The summed E-state index contributed by atoms with van der Waals surface area (Å²) in [4.78, 5) is 29.3. The van der Waals surface area contributed by atoms with Gasteiger partial charge in [0.15, 0.2) is 0 Å². The van der Waals surface area contributed by atoms with Crippen molar-refractivity contribution < 1.29 is 9.59 Å². The van der Waals surface area contributed by atoms with Crippen molar-refractivity contribution >= 4 is 11.8 Å². The topological polar surface area (TPSA) is 80.1 Å². The van der Waals surface area contributed by atoms with E-state index in [1.54, 1.807) is 15.9 Å². The van der Waals surface area contributed by atoms with Gasteiger partial charge in [0.25, 0.3) is 0 Å². The first kappa shape index (κ1) is 14.5. The molecule has 1 unspecified atom stereocenters. The molecule has 110 valence electrons. The molecule has 1 aromatic heterocycles. The first-order chi connectivity index (χ1) is 9.65. The molecule has 1 aliphatic heterocycles. The third-order valence-corrected chi connectivity index (χ3v) is 3.34. The molecular formula is C13H21N5O2. The highest BCUT2D eigenvalue weighted by Crippen LogP contribution is 2.10. The number of amides is 2. The highest BCUT2D eigenvalue weighted by Gasteiger charge is 2.19. The third-order valence-electron chi connectivity index (χ3n) is 3.34. The van der Waals surface area contributed by atoms with Gasteiger partial charge in [-0.1, -0.05) is 6.42 Å². The molecule has 0 radical (unpaired) electrons. The fraction of sp³-hybridized carbons (Fsp3) is 0.692. The Morgan fingerprint density at radius 2 is 2.30 bits per heavy atom. The van der Waals surface area contributed by atoms with Crippen LogP contribution in [0.5, 0.6) is 0 Å². The lowest BCUT2D eigenvalue weighted by molar-refractivity contribution is -0.135. The van der Waals surface area contributed by atoms with Gasteiger partial charge < -0.3 is 10.2 Å². The van der Waals surface area contributed by atoms with Gasteiger partial charge in [0.05, 0.1) is 13.1 Å². The molecule has 1 aromatic rings. The zero-order valence-electron chi connectivity index (χ0n) is 11.8. The van der Waals surface area contributed by atoms with Crippen molar-refractivity contribution in [1.82, 2.24) is 25.0 Å². The van der Waals surface area contributed by atoms with E-state index in [0.717, 1.165) is 19.3 Å². The van der Waals surface area contributed by atoms with Crippen LogP contribution in [0, 0.1) is 0 Å². The van der Waals surface area contributed by atoms with Crippen LogP contribution in [0.3, 0.4) is 0 Å². The fourth-order valence-corrected chi connectivity index (χ4v) is 2.35. The van der Waals surface area contributed by atoms with E-state index >= 15 is 0 Å². The Morgan fingerprint density at radius 1 is 1.45 bits per heavy atom. The Morgan fingerprint density at radius 3 is 3.05 bits per heavy atom. The van der Waals surface area contributed by atoms with Crippen molar-refractivity contribution in [2.75, 3.05) is 13.1 Å². The molecule has 1 atom stereocenters. The number of rotatable bonds is 5. The van der Waals surface area contributed by atoms with Gasteiger partial charge in [-0.25, -0.2) is 4.98 Å². The van der Waals surface area contributed by atoms with Crippen molar-refractivity contribution in [3.05, 3.63) is 12.7 Å². The van der Waals surface area contributed by atoms with Crippen LogP contribution in [-0.4, -0.2) is 50.6 Å². The van der Waals surface area contributed by atoms with Crippen molar-refractivity contribution in [3.63, 3.8) is 0 Å². The average Bonchev–Trinajstić information content (AvgIpc) is 2.81. The molecule has 0 saturated carbocycles. The number of aromatic nitrogens is 3. The Balaban J connectivity index is 1.77. The zero-order chi connectivity index (χ0) is 14.4. The molecule has 2 rings (SSSR count). The number of carbonyl (C=O) groups is 2. The average molecular weight is 279 g/mol. The van der Waals surface area contributed by atoms with Crippen LogP contribution in [-0.2, 0) is 16.1 Å². The van der Waals surface area contributed by atoms with Crippen LogP contribution in [0.2, 0.25) is 0 Å². The SMILES string of the molecule is CC(Cn1cncn1)NC(=O)CN1CCCCCC1=O. The number of nitrogens with one attached hydrogen (secondary N) is 1. The second-order valence-electron chi connectivity index (χ2n) is 5.21. The summed E-state index contributed by atoms with van der Waals surface area (Å²) in [6.45, 7) is 3.31. The predicted octanol–water partition coefficient (Wildman–Crippen LogP) is 0.185. The molecule has 1 fully saturated rings. The summed E-state index contributed by atoms with van der Waals surface area (Å²) < 4.78 is 1.67. The van der Waals surface area contributed by atoms with E-state index in [1.165, 1.54) is 6.33 Å². The molecular weight excluding hydrogens is 258 g/mol. The van der Waals surface area contributed by atoms with Gasteiger partial charge in [-0.15, -0.1) is 0 Å². The van der Waals surface area contributed by atoms with E-state index in [4.69, 9.17) is 0 Å². The zero-order valence-corrected chi connectivity index (χ0v) is 11.8. The summed E-state index contributed by atoms with van der Waals surface area (Å²) >= 11 is 0. The third kappa shape index (κ3) is 4.32.